The van der Waals surface area contributed by atoms with Crippen LogP contribution in [0.1, 0.15) is 5.82 Å². The molecule has 0 radical (unpaired) electrons. The summed E-state index contributed by atoms with van der Waals surface area (Å²) in [4.78, 5) is 4.08. The molecule has 0 saturated heterocycles. The first-order chi connectivity index (χ1) is 5.47. The maximum absolute atomic E-state index is 4.08. The van der Waals surface area contributed by atoms with Crippen molar-refractivity contribution in [2.24, 2.45) is 10.2 Å². The molecule has 11 heavy (non-hydrogen) atoms. The molecule has 1 aliphatic rings. The minimum absolute atomic E-state index is 0.861. The summed E-state index contributed by atoms with van der Waals surface area (Å²) >= 11 is 0. The zero-order valence-corrected chi connectivity index (χ0v) is 5.75. The average molecular weight is 146 g/mol. The van der Waals surface area contributed by atoms with Crippen LogP contribution in [0.4, 0.5) is 0 Å². The Balaban J connectivity index is 2.52. The molecule has 0 N–H and O–H groups in total. The first-order valence-corrected chi connectivity index (χ1v) is 3.23. The molecule has 0 aromatic carbocycles. The van der Waals surface area contributed by atoms with Crippen LogP contribution in [0.2, 0.25) is 0 Å². The Kier molecular flexibility index (Phi) is 1.37. The van der Waals surface area contributed by atoms with E-state index in [1.165, 1.54) is 0 Å². The highest BCUT2D eigenvalue weighted by molar-refractivity contribution is 5.79. The van der Waals surface area contributed by atoms with Gasteiger partial charge in [-0.25, -0.2) is 4.98 Å². The van der Waals surface area contributed by atoms with Gasteiger partial charge in [0.05, 0.1) is 0 Å². The molecule has 0 atom stereocenters. The van der Waals surface area contributed by atoms with Crippen molar-refractivity contribution < 1.29 is 0 Å². The van der Waals surface area contributed by atoms with Gasteiger partial charge in [0.25, 0.3) is 0 Å². The van der Waals surface area contributed by atoms with Gasteiger partial charge >= 0.3 is 0 Å². The van der Waals surface area contributed by atoms with Crippen LogP contribution in [0.3, 0.4) is 0 Å². The van der Waals surface area contributed by atoms with Crippen molar-refractivity contribution in [3.8, 4) is 0 Å². The summed E-state index contributed by atoms with van der Waals surface area (Å²) in [5.74, 6) is 0.861. The van der Waals surface area contributed by atoms with E-state index in [1.54, 1.807) is 29.4 Å². The molecule has 0 fully saturated rings. The summed E-state index contributed by atoms with van der Waals surface area (Å²) in [7, 11) is 0. The molecule has 4 nitrogen and oxygen atoms in total. The number of imidazole rings is 1. The molecule has 0 spiro atoms. The van der Waals surface area contributed by atoms with Crippen LogP contribution in [0.5, 0.6) is 0 Å². The highest BCUT2D eigenvalue weighted by Crippen LogP contribution is 1.98. The fourth-order valence-electron chi connectivity index (χ4n) is 0.843. The number of fused-ring (bicyclic) bond motifs is 1. The van der Waals surface area contributed by atoms with Crippen molar-refractivity contribution in [3.05, 3.63) is 24.3 Å². The number of hydrogen-bond donors (Lipinski definition) is 0. The number of hydrogen-bond acceptors (Lipinski definition) is 3. The summed E-state index contributed by atoms with van der Waals surface area (Å²) < 4.78 is 1.80. The van der Waals surface area contributed by atoms with Gasteiger partial charge in [-0.1, -0.05) is 0 Å². The van der Waals surface area contributed by atoms with Gasteiger partial charge in [-0.3, -0.25) is 4.57 Å². The lowest BCUT2D eigenvalue weighted by Crippen LogP contribution is -1.97. The predicted octanol–water partition coefficient (Wildman–Crippen LogP) is 0.772. The van der Waals surface area contributed by atoms with Crippen molar-refractivity contribution in [1.29, 1.82) is 0 Å². The first-order valence-electron chi connectivity index (χ1n) is 3.23. The number of rotatable bonds is 0. The highest BCUT2D eigenvalue weighted by atomic mass is 15.2. The Hall–Kier alpha value is -1.71. The fourth-order valence-corrected chi connectivity index (χ4v) is 0.843. The molecule has 0 saturated carbocycles. The van der Waals surface area contributed by atoms with Crippen LogP contribution >= 0.6 is 0 Å². The largest absolute Gasteiger partial charge is 0.289 e. The molecule has 54 valence electrons. The van der Waals surface area contributed by atoms with Crippen LogP contribution in [0.15, 0.2) is 28.7 Å². The molecular formula is C7H6N4. The van der Waals surface area contributed by atoms with Crippen molar-refractivity contribution in [2.45, 2.75) is 0 Å². The summed E-state index contributed by atoms with van der Waals surface area (Å²) in [6.45, 7) is 0. The third-order valence-electron chi connectivity index (χ3n) is 1.34. The molecule has 0 aliphatic carbocycles. The Labute approximate surface area is 63.6 Å². The molecule has 2 heterocycles. The van der Waals surface area contributed by atoms with E-state index in [-0.39, 0.29) is 0 Å². The third-order valence-corrected chi connectivity index (χ3v) is 1.34. The lowest BCUT2D eigenvalue weighted by molar-refractivity contribution is 1.10. The van der Waals surface area contributed by atoms with E-state index in [0.717, 1.165) is 5.82 Å². The van der Waals surface area contributed by atoms with E-state index >= 15 is 0 Å². The molecule has 1 aromatic heterocycles. The van der Waals surface area contributed by atoms with E-state index in [0.29, 0.717) is 0 Å². The maximum Gasteiger partial charge on any atom is 0.137 e. The van der Waals surface area contributed by atoms with Gasteiger partial charge in [-0.05, 0) is 12.2 Å². The van der Waals surface area contributed by atoms with Gasteiger partial charge in [0.1, 0.15) is 12.2 Å². The Morgan fingerprint density at radius 2 is 2.27 bits per heavy atom. The average Bonchev–Trinajstić information content (AvgIpc) is 2.35. The van der Waals surface area contributed by atoms with E-state index in [9.17, 15) is 0 Å². The molecule has 0 unspecified atom stereocenters. The van der Waals surface area contributed by atoms with Crippen LogP contribution in [-0.4, -0.2) is 22.1 Å². The second-order valence-corrected chi connectivity index (χ2v) is 2.05. The van der Waals surface area contributed by atoms with Gasteiger partial charge < -0.3 is 0 Å². The predicted molar refractivity (Wildman–Crippen MR) is 43.6 cm³/mol. The van der Waals surface area contributed by atoms with Crippen LogP contribution in [-0.2, 0) is 0 Å². The smallest absolute Gasteiger partial charge is 0.137 e. The molecule has 1 aliphatic heterocycles. The summed E-state index contributed by atoms with van der Waals surface area (Å²) in [5, 5.41) is 7.48. The fraction of sp³-hybridized carbons (Fsp3) is 0. The minimum atomic E-state index is 0.861. The van der Waals surface area contributed by atoms with Crippen molar-refractivity contribution in [3.63, 3.8) is 0 Å². The van der Waals surface area contributed by atoms with Gasteiger partial charge in [0.15, 0.2) is 0 Å². The monoisotopic (exact) mass is 146 g/mol. The van der Waals surface area contributed by atoms with E-state index in [2.05, 4.69) is 15.2 Å². The Morgan fingerprint density at radius 1 is 1.27 bits per heavy atom. The lowest BCUT2D eigenvalue weighted by Gasteiger charge is -1.94. The number of aromatic nitrogens is 2. The van der Waals surface area contributed by atoms with Crippen molar-refractivity contribution >= 4 is 18.6 Å². The normalized spacial score (nSPS) is 22.9. The van der Waals surface area contributed by atoms with Gasteiger partial charge in [-0.15, -0.1) is 5.10 Å². The summed E-state index contributed by atoms with van der Waals surface area (Å²) in [5.41, 5.74) is 0. The number of nitrogens with zero attached hydrogens (tertiary/aromatic N) is 4. The quantitative estimate of drug-likeness (QED) is 0.533. The van der Waals surface area contributed by atoms with Crippen molar-refractivity contribution in [1.82, 2.24) is 9.55 Å². The zero-order chi connectivity index (χ0) is 7.52. The summed E-state index contributed by atoms with van der Waals surface area (Å²) in [6, 6.07) is 0. The van der Waals surface area contributed by atoms with Gasteiger partial charge in [0, 0.05) is 18.6 Å². The van der Waals surface area contributed by atoms with Crippen LogP contribution in [0, 0.1) is 0 Å². The van der Waals surface area contributed by atoms with Crippen molar-refractivity contribution in [2.75, 3.05) is 0 Å². The van der Waals surface area contributed by atoms with E-state index in [1.807, 2.05) is 12.3 Å². The molecule has 0 bridgehead atoms. The summed E-state index contributed by atoms with van der Waals surface area (Å²) in [6.07, 6.45) is 10.4. The van der Waals surface area contributed by atoms with Gasteiger partial charge in [-0.2, -0.15) is 5.10 Å². The molecule has 0 amide bonds. The molecular weight excluding hydrogens is 140 g/mol. The third kappa shape index (κ3) is 1.10. The molecule has 1 aromatic rings. The zero-order valence-electron chi connectivity index (χ0n) is 5.75. The van der Waals surface area contributed by atoms with E-state index < -0.39 is 0 Å². The Bertz CT molecular complexity index is 301. The lowest BCUT2D eigenvalue weighted by atomic mass is 10.5. The standard InChI is InChI=1S/C7H6N4/c1-2-7-8-4-5-11(7)6-10-9-3-1/h1-6H/b2-1+,9-3-,10-6-. The topological polar surface area (TPSA) is 42.5 Å². The van der Waals surface area contributed by atoms with E-state index in [4.69, 9.17) is 0 Å². The van der Waals surface area contributed by atoms with Crippen LogP contribution in [0.25, 0.3) is 6.08 Å². The Morgan fingerprint density at radius 3 is 3.27 bits per heavy atom. The first kappa shape index (κ1) is 6.03. The van der Waals surface area contributed by atoms with Crippen LogP contribution < -0.4 is 0 Å². The minimum Gasteiger partial charge on any atom is -0.289 e. The highest BCUT2D eigenvalue weighted by Gasteiger charge is 1.94. The molecule has 4 heteroatoms. The number of allylic oxidation sites excluding steroid dienone is 1. The SMILES string of the molecule is C1=N\N=C/n2ccnc2/C=C/1. The molecule has 2 rings (SSSR count). The second-order valence-electron chi connectivity index (χ2n) is 2.05. The van der Waals surface area contributed by atoms with Gasteiger partial charge in [0.2, 0.25) is 0 Å². The second kappa shape index (κ2) is 2.49. The maximum atomic E-state index is 4.08.